The molecule has 2 fully saturated rings. The minimum Gasteiger partial charge on any atom is -0.455 e. The quantitative estimate of drug-likeness (QED) is 0.747. The van der Waals surface area contributed by atoms with Gasteiger partial charge in [0.1, 0.15) is 5.60 Å². The van der Waals surface area contributed by atoms with Gasteiger partial charge in [-0.2, -0.15) is 13.2 Å². The molecule has 0 heterocycles. The first kappa shape index (κ1) is 15.4. The maximum atomic E-state index is 12.5. The normalized spacial score (nSPS) is 30.5. The number of halogens is 3. The molecule has 0 radical (unpaired) electrons. The van der Waals surface area contributed by atoms with Crippen molar-refractivity contribution < 1.29 is 22.7 Å². The number of hydrogen-bond acceptors (Lipinski definition) is 2. The second-order valence-electron chi connectivity index (χ2n) is 6.46. The van der Waals surface area contributed by atoms with Crippen LogP contribution in [0.25, 0.3) is 0 Å². The monoisotopic (exact) mass is 312 g/mol. The highest BCUT2D eigenvalue weighted by molar-refractivity contribution is 5.89. The molecule has 0 N–H and O–H groups in total. The first-order valence-electron chi connectivity index (χ1n) is 7.74. The Bertz CT molecular complexity index is 564. The van der Waals surface area contributed by atoms with Gasteiger partial charge in [-0.3, -0.25) is 0 Å². The standard InChI is InChI=1S/C17H19F3O2/c1-2-16(10-11-3-6-14(16)9-11)22-15(21)12-4-7-13(8-5-12)17(18,19)20/h4-5,7-8,11,14H,2-3,6,9-10H2,1H3. The van der Waals surface area contributed by atoms with Crippen LogP contribution in [-0.4, -0.2) is 11.6 Å². The van der Waals surface area contributed by atoms with Crippen molar-refractivity contribution in [3.63, 3.8) is 0 Å². The lowest BCUT2D eigenvalue weighted by atomic mass is 9.82. The Morgan fingerprint density at radius 2 is 1.95 bits per heavy atom. The number of rotatable bonds is 3. The van der Waals surface area contributed by atoms with E-state index in [0.29, 0.717) is 11.8 Å². The van der Waals surface area contributed by atoms with Gasteiger partial charge in [-0.1, -0.05) is 6.92 Å². The third kappa shape index (κ3) is 2.61. The van der Waals surface area contributed by atoms with Gasteiger partial charge < -0.3 is 4.74 Å². The van der Waals surface area contributed by atoms with Crippen LogP contribution in [-0.2, 0) is 10.9 Å². The lowest BCUT2D eigenvalue weighted by molar-refractivity contribution is -0.137. The summed E-state index contributed by atoms with van der Waals surface area (Å²) in [5, 5.41) is 0. The number of carbonyl (C=O) groups is 1. The van der Waals surface area contributed by atoms with Gasteiger partial charge >= 0.3 is 12.1 Å². The minimum absolute atomic E-state index is 0.184. The van der Waals surface area contributed by atoms with Crippen LogP contribution < -0.4 is 0 Å². The average molecular weight is 312 g/mol. The zero-order valence-corrected chi connectivity index (χ0v) is 12.5. The van der Waals surface area contributed by atoms with Gasteiger partial charge in [0.15, 0.2) is 0 Å². The van der Waals surface area contributed by atoms with Crippen molar-refractivity contribution in [1.82, 2.24) is 0 Å². The topological polar surface area (TPSA) is 26.3 Å². The predicted octanol–water partition coefficient (Wildman–Crippen LogP) is 4.83. The highest BCUT2D eigenvalue weighted by Crippen LogP contribution is 2.54. The van der Waals surface area contributed by atoms with Crippen LogP contribution in [0.2, 0.25) is 0 Å². The largest absolute Gasteiger partial charge is 0.455 e. The van der Waals surface area contributed by atoms with Crippen molar-refractivity contribution in [3.8, 4) is 0 Å². The molecule has 3 atom stereocenters. The van der Waals surface area contributed by atoms with Crippen molar-refractivity contribution >= 4 is 5.97 Å². The van der Waals surface area contributed by atoms with E-state index in [1.54, 1.807) is 0 Å². The molecule has 0 aromatic heterocycles. The first-order valence-corrected chi connectivity index (χ1v) is 7.74. The van der Waals surface area contributed by atoms with Gasteiger partial charge in [-0.05, 0) is 68.2 Å². The van der Waals surface area contributed by atoms with E-state index in [2.05, 4.69) is 0 Å². The maximum absolute atomic E-state index is 12.5. The van der Waals surface area contributed by atoms with Gasteiger partial charge in [-0.15, -0.1) is 0 Å². The zero-order chi connectivity index (χ0) is 16.0. The summed E-state index contributed by atoms with van der Waals surface area (Å²) in [7, 11) is 0. The summed E-state index contributed by atoms with van der Waals surface area (Å²) >= 11 is 0. The fourth-order valence-electron chi connectivity index (χ4n) is 4.06. The number of alkyl halides is 3. The molecule has 2 aliphatic rings. The molecular weight excluding hydrogens is 293 g/mol. The van der Waals surface area contributed by atoms with Crippen LogP contribution >= 0.6 is 0 Å². The van der Waals surface area contributed by atoms with Gasteiger partial charge in [0.2, 0.25) is 0 Å². The van der Waals surface area contributed by atoms with Crippen molar-refractivity contribution in [2.45, 2.75) is 50.8 Å². The summed E-state index contributed by atoms with van der Waals surface area (Å²) in [5.74, 6) is 0.523. The first-order chi connectivity index (χ1) is 10.3. The molecule has 120 valence electrons. The molecule has 0 saturated heterocycles. The van der Waals surface area contributed by atoms with Crippen LogP contribution in [0.4, 0.5) is 13.2 Å². The fraction of sp³-hybridized carbons (Fsp3) is 0.588. The highest BCUT2D eigenvalue weighted by atomic mass is 19.4. The minimum atomic E-state index is -4.39. The number of ether oxygens (including phenoxy) is 1. The Morgan fingerprint density at radius 3 is 2.41 bits per heavy atom. The summed E-state index contributed by atoms with van der Waals surface area (Å²) in [6.45, 7) is 2.01. The van der Waals surface area contributed by atoms with Crippen LogP contribution in [0.3, 0.4) is 0 Å². The molecule has 5 heteroatoms. The van der Waals surface area contributed by atoms with Crippen molar-refractivity contribution in [1.29, 1.82) is 0 Å². The van der Waals surface area contributed by atoms with Gasteiger partial charge in [0.05, 0.1) is 11.1 Å². The molecule has 2 nitrogen and oxygen atoms in total. The van der Waals surface area contributed by atoms with Crippen LogP contribution in [0.1, 0.15) is 54.9 Å². The third-order valence-electron chi connectivity index (χ3n) is 5.26. The van der Waals surface area contributed by atoms with Crippen molar-refractivity contribution in [3.05, 3.63) is 35.4 Å². The third-order valence-corrected chi connectivity index (χ3v) is 5.26. The summed E-state index contributed by atoms with van der Waals surface area (Å²) in [5.41, 5.74) is -0.985. The lowest BCUT2D eigenvalue weighted by Crippen LogP contribution is -2.39. The van der Waals surface area contributed by atoms with Crippen molar-refractivity contribution in [2.75, 3.05) is 0 Å². The van der Waals surface area contributed by atoms with Gasteiger partial charge in [-0.25, -0.2) is 4.79 Å². The molecule has 0 amide bonds. The SMILES string of the molecule is CCC1(OC(=O)c2ccc(C(F)(F)F)cc2)CC2CCC1C2. The summed E-state index contributed by atoms with van der Waals surface area (Å²) in [6.07, 6.45) is 0.649. The van der Waals surface area contributed by atoms with Crippen LogP contribution in [0.5, 0.6) is 0 Å². The van der Waals surface area contributed by atoms with E-state index in [1.165, 1.54) is 18.6 Å². The smallest absolute Gasteiger partial charge is 0.416 e. The fourth-order valence-corrected chi connectivity index (χ4v) is 4.06. The number of esters is 1. The van der Waals surface area contributed by atoms with Crippen LogP contribution in [0, 0.1) is 11.8 Å². The molecule has 0 aliphatic heterocycles. The molecule has 3 unspecified atom stereocenters. The number of hydrogen-bond donors (Lipinski definition) is 0. The van der Waals surface area contributed by atoms with Crippen molar-refractivity contribution in [2.24, 2.45) is 11.8 Å². The average Bonchev–Trinajstić information content (AvgIpc) is 3.07. The second kappa shape index (κ2) is 5.28. The Morgan fingerprint density at radius 1 is 1.27 bits per heavy atom. The molecule has 22 heavy (non-hydrogen) atoms. The Balaban J connectivity index is 1.74. The number of fused-ring (bicyclic) bond motifs is 2. The lowest BCUT2D eigenvalue weighted by Gasteiger charge is -2.36. The molecular formula is C17H19F3O2. The molecule has 2 saturated carbocycles. The van der Waals surface area contributed by atoms with E-state index in [0.717, 1.165) is 37.8 Å². The van der Waals surface area contributed by atoms with E-state index < -0.39 is 23.3 Å². The highest BCUT2D eigenvalue weighted by Gasteiger charge is 2.52. The number of benzene rings is 1. The van der Waals surface area contributed by atoms with Gasteiger partial charge in [0.25, 0.3) is 0 Å². The maximum Gasteiger partial charge on any atom is 0.416 e. The van der Waals surface area contributed by atoms with E-state index in [4.69, 9.17) is 4.74 Å². The van der Waals surface area contributed by atoms with E-state index >= 15 is 0 Å². The molecule has 0 spiro atoms. The molecule has 3 rings (SSSR count). The molecule has 2 bridgehead atoms. The van der Waals surface area contributed by atoms with E-state index in [-0.39, 0.29) is 5.56 Å². The predicted molar refractivity (Wildman–Crippen MR) is 75.3 cm³/mol. The van der Waals surface area contributed by atoms with E-state index in [1.807, 2.05) is 6.92 Å². The molecule has 1 aromatic carbocycles. The molecule has 1 aromatic rings. The second-order valence-corrected chi connectivity index (χ2v) is 6.46. The number of carbonyl (C=O) groups excluding carboxylic acids is 1. The van der Waals surface area contributed by atoms with Crippen LogP contribution in [0.15, 0.2) is 24.3 Å². The van der Waals surface area contributed by atoms with Gasteiger partial charge in [0, 0.05) is 0 Å². The Hall–Kier alpha value is -1.52. The summed E-state index contributed by atoms with van der Waals surface area (Å²) < 4.78 is 43.4. The molecule has 2 aliphatic carbocycles. The Kier molecular flexibility index (Phi) is 3.69. The zero-order valence-electron chi connectivity index (χ0n) is 12.5. The van der Waals surface area contributed by atoms with E-state index in [9.17, 15) is 18.0 Å². The Labute approximate surface area is 127 Å². The summed E-state index contributed by atoms with van der Waals surface area (Å²) in [6, 6.07) is 4.25. The summed E-state index contributed by atoms with van der Waals surface area (Å²) in [4.78, 5) is 12.3.